The highest BCUT2D eigenvalue weighted by molar-refractivity contribution is 5.87. The molecule has 0 saturated heterocycles. The number of esters is 2. The Kier molecular flexibility index (Phi) is 5.98. The van der Waals surface area contributed by atoms with Crippen LogP contribution < -0.4 is 0 Å². The van der Waals surface area contributed by atoms with Crippen LogP contribution in [0.5, 0.6) is 0 Å². The van der Waals surface area contributed by atoms with Crippen molar-refractivity contribution < 1.29 is 37.8 Å². The Labute approximate surface area is 74.2 Å². The highest BCUT2D eigenvalue weighted by Crippen LogP contribution is 2.16. The van der Waals surface area contributed by atoms with Crippen LogP contribution in [-0.4, -0.2) is 28.4 Å². The first-order chi connectivity index (χ1) is 6.07. The van der Waals surface area contributed by atoms with Crippen LogP contribution in [-0.2, 0) is 14.3 Å². The van der Waals surface area contributed by atoms with Crippen molar-refractivity contribution in [3.8, 4) is 0 Å². The van der Waals surface area contributed by atoms with Gasteiger partial charge >= 0.3 is 18.1 Å². The molecule has 1 N–H and O–H groups in total. The van der Waals surface area contributed by atoms with Crippen molar-refractivity contribution >= 4 is 11.9 Å². The molecule has 0 radical (unpaired) electrons. The summed E-state index contributed by atoms with van der Waals surface area (Å²) in [4.78, 5) is 27.8. The zero-order chi connectivity index (χ0) is 11.9. The van der Waals surface area contributed by atoms with E-state index in [2.05, 4.69) is 4.74 Å². The van der Waals surface area contributed by atoms with Crippen molar-refractivity contribution in [3.63, 3.8) is 0 Å². The highest BCUT2D eigenvalue weighted by atomic mass is 19.4. The molecule has 0 aliphatic carbocycles. The maximum atomic E-state index is 11.2. The predicted octanol–water partition coefficient (Wildman–Crippen LogP) is 0.291. The molecule has 10 heteroatoms. The molecule has 0 saturated carbocycles. The highest BCUT2D eigenvalue weighted by Gasteiger charge is 2.41. The summed E-state index contributed by atoms with van der Waals surface area (Å²) < 4.78 is 36.8. The van der Waals surface area contributed by atoms with Gasteiger partial charge in [0.15, 0.2) is 0 Å². The molecule has 0 rings (SSSR count). The topological polar surface area (TPSA) is 107 Å². The lowest BCUT2D eigenvalue weighted by Gasteiger charge is -2.01. The number of rotatable bonds is 0. The van der Waals surface area contributed by atoms with Gasteiger partial charge < -0.3 is 9.94 Å². The summed E-state index contributed by atoms with van der Waals surface area (Å²) in [5.74, 6) is -3.76. The summed E-state index contributed by atoms with van der Waals surface area (Å²) in [7, 11) is 0. The quantitative estimate of drug-likeness (QED) is 0.271. The third kappa shape index (κ3) is 12.8. The normalized spacial score (nSPS) is 9.43. The van der Waals surface area contributed by atoms with Gasteiger partial charge in [0.05, 0.1) is 0 Å². The van der Waals surface area contributed by atoms with Gasteiger partial charge in [0.25, 0.3) is 5.09 Å². The summed E-state index contributed by atoms with van der Waals surface area (Å²) in [6, 6.07) is 0. The minimum absolute atomic E-state index is 0.712. The van der Waals surface area contributed by atoms with E-state index in [-0.39, 0.29) is 0 Å². The van der Waals surface area contributed by atoms with Crippen LogP contribution in [0.15, 0.2) is 0 Å². The molecule has 0 bridgehead atoms. The number of nitrogens with zero attached hydrogens (tertiary/aromatic N) is 1. The van der Waals surface area contributed by atoms with Gasteiger partial charge in [0.2, 0.25) is 0 Å². The Bertz CT molecular complexity index is 232. The van der Waals surface area contributed by atoms with E-state index in [9.17, 15) is 22.8 Å². The van der Waals surface area contributed by atoms with Crippen molar-refractivity contribution in [3.05, 3.63) is 10.1 Å². The van der Waals surface area contributed by atoms with Crippen molar-refractivity contribution in [2.24, 2.45) is 0 Å². The molecule has 7 nitrogen and oxygen atoms in total. The largest absolute Gasteiger partial charge is 0.491 e. The zero-order valence-corrected chi connectivity index (χ0v) is 6.57. The maximum Gasteiger partial charge on any atom is 0.491 e. The Morgan fingerprint density at radius 2 is 1.71 bits per heavy atom. The van der Waals surface area contributed by atoms with Crippen molar-refractivity contribution in [2.75, 3.05) is 0 Å². The van der Waals surface area contributed by atoms with Crippen molar-refractivity contribution in [2.45, 2.75) is 13.1 Å². The molecule has 0 atom stereocenters. The number of hydrogen-bond acceptors (Lipinski definition) is 5. The van der Waals surface area contributed by atoms with Gasteiger partial charge in [-0.05, 0) is 0 Å². The molecule has 0 aliphatic heterocycles. The minimum Gasteiger partial charge on any atom is -0.387 e. The first kappa shape index (κ1) is 14.6. The number of alkyl halides is 3. The SMILES string of the molecule is CC(=O)OC(=O)C(F)(F)F.O=[N+]([O-])O. The second-order valence-corrected chi connectivity index (χ2v) is 1.62. The molecule has 0 heterocycles. The van der Waals surface area contributed by atoms with Gasteiger partial charge in [-0.25, -0.2) is 4.79 Å². The van der Waals surface area contributed by atoms with Crippen LogP contribution >= 0.6 is 0 Å². The van der Waals surface area contributed by atoms with Crippen LogP contribution in [0.3, 0.4) is 0 Å². The van der Waals surface area contributed by atoms with E-state index < -0.39 is 23.2 Å². The first-order valence-corrected chi connectivity index (χ1v) is 2.70. The molecule has 0 unspecified atom stereocenters. The van der Waals surface area contributed by atoms with E-state index in [1.54, 1.807) is 0 Å². The average Bonchev–Trinajstić information content (AvgIpc) is 1.81. The summed E-state index contributed by atoms with van der Waals surface area (Å²) in [5.41, 5.74) is 0. The first-order valence-electron chi connectivity index (χ1n) is 2.70. The van der Waals surface area contributed by atoms with Crippen LogP contribution in [0.1, 0.15) is 6.92 Å². The lowest BCUT2D eigenvalue weighted by atomic mass is 10.6. The smallest absolute Gasteiger partial charge is 0.387 e. The molecule has 0 aromatic carbocycles. The summed E-state index contributed by atoms with van der Waals surface area (Å²) in [5, 5.41) is 13.6. The fourth-order valence-corrected chi connectivity index (χ4v) is 0.188. The van der Waals surface area contributed by atoms with E-state index in [1.807, 2.05) is 0 Å². The van der Waals surface area contributed by atoms with Crippen LogP contribution in [0.4, 0.5) is 13.2 Å². The maximum absolute atomic E-state index is 11.2. The van der Waals surface area contributed by atoms with Gasteiger partial charge in [-0.15, -0.1) is 10.1 Å². The molecular formula is C4H4F3NO6. The molecule has 14 heavy (non-hydrogen) atoms. The van der Waals surface area contributed by atoms with Gasteiger partial charge in [-0.2, -0.15) is 13.2 Å². The molecule has 0 aliphatic rings. The molecule has 82 valence electrons. The van der Waals surface area contributed by atoms with Crippen molar-refractivity contribution in [1.29, 1.82) is 0 Å². The molecule has 0 amide bonds. The molecule has 0 aromatic heterocycles. The monoisotopic (exact) mass is 219 g/mol. The van der Waals surface area contributed by atoms with E-state index >= 15 is 0 Å². The Morgan fingerprint density at radius 1 is 1.43 bits per heavy atom. The van der Waals surface area contributed by atoms with E-state index in [0.717, 1.165) is 0 Å². The van der Waals surface area contributed by atoms with Gasteiger partial charge in [0.1, 0.15) is 0 Å². The number of carbonyl (C=O) groups excluding carboxylic acids is 2. The molecule has 0 fully saturated rings. The number of carbonyl (C=O) groups is 2. The fourth-order valence-electron chi connectivity index (χ4n) is 0.188. The molecule has 0 aromatic rings. The average molecular weight is 219 g/mol. The molecular weight excluding hydrogens is 215 g/mol. The number of halogens is 3. The van der Waals surface area contributed by atoms with Gasteiger partial charge in [-0.1, -0.05) is 0 Å². The number of ether oxygens (including phenoxy) is 1. The second kappa shape index (κ2) is 5.72. The third-order valence-corrected chi connectivity index (χ3v) is 0.468. The third-order valence-electron chi connectivity index (χ3n) is 0.468. The zero-order valence-electron chi connectivity index (χ0n) is 6.57. The van der Waals surface area contributed by atoms with Gasteiger partial charge in [-0.3, -0.25) is 4.79 Å². The Morgan fingerprint density at radius 3 is 1.79 bits per heavy atom. The predicted molar refractivity (Wildman–Crippen MR) is 31.6 cm³/mol. The lowest BCUT2D eigenvalue weighted by molar-refractivity contribution is -0.742. The second-order valence-electron chi connectivity index (χ2n) is 1.62. The van der Waals surface area contributed by atoms with Crippen LogP contribution in [0.2, 0.25) is 0 Å². The minimum atomic E-state index is -5.09. The van der Waals surface area contributed by atoms with Crippen LogP contribution in [0.25, 0.3) is 0 Å². The Balaban J connectivity index is 0. The van der Waals surface area contributed by atoms with E-state index in [4.69, 9.17) is 15.3 Å². The summed E-state index contributed by atoms with van der Waals surface area (Å²) >= 11 is 0. The van der Waals surface area contributed by atoms with Crippen LogP contribution in [0, 0.1) is 10.1 Å². The van der Waals surface area contributed by atoms with E-state index in [0.29, 0.717) is 6.92 Å². The summed E-state index contributed by atoms with van der Waals surface area (Å²) in [6.45, 7) is 0.712. The van der Waals surface area contributed by atoms with Gasteiger partial charge in [0, 0.05) is 6.92 Å². The van der Waals surface area contributed by atoms with Crippen molar-refractivity contribution in [1.82, 2.24) is 0 Å². The lowest BCUT2D eigenvalue weighted by Crippen LogP contribution is -2.26. The Hall–Kier alpha value is -1.87. The standard InChI is InChI=1S/C4H3F3O3.HNO3/c1-2(8)10-3(9)4(5,6)7;2-1(3)4/h1H3;(H,2,3,4). The number of hydrogen-bond donors (Lipinski definition) is 1. The fraction of sp³-hybridized carbons (Fsp3) is 0.500. The molecule has 0 spiro atoms. The summed E-state index contributed by atoms with van der Waals surface area (Å²) in [6.07, 6.45) is -5.09. The van der Waals surface area contributed by atoms with E-state index in [1.165, 1.54) is 0 Å².